The van der Waals surface area contributed by atoms with Gasteiger partial charge in [0.15, 0.2) is 0 Å². The molecule has 0 N–H and O–H groups in total. The molecule has 0 spiro atoms. The number of halogens is 3. The maximum atomic E-state index is 13.2. The summed E-state index contributed by atoms with van der Waals surface area (Å²) in [5.41, 5.74) is 1.56. The van der Waals surface area contributed by atoms with E-state index in [1.54, 1.807) is 18.2 Å². The molecular formula is C13H7Cl2FN2. The van der Waals surface area contributed by atoms with Gasteiger partial charge in [0.25, 0.3) is 0 Å². The molecule has 5 heteroatoms. The van der Waals surface area contributed by atoms with Crippen LogP contribution in [0.2, 0.25) is 10.0 Å². The number of nitrogens with zero attached hydrogens (tertiary/aromatic N) is 2. The van der Waals surface area contributed by atoms with Gasteiger partial charge >= 0.3 is 0 Å². The van der Waals surface area contributed by atoms with Crippen LogP contribution in [-0.2, 0) is 6.42 Å². The highest BCUT2D eigenvalue weighted by molar-refractivity contribution is 6.36. The molecule has 1 aromatic carbocycles. The molecule has 0 aliphatic rings. The second kappa shape index (κ2) is 5.34. The average Bonchev–Trinajstić information content (AvgIpc) is 2.32. The molecule has 18 heavy (non-hydrogen) atoms. The molecule has 0 aliphatic heterocycles. The van der Waals surface area contributed by atoms with Crippen molar-refractivity contribution in [3.8, 4) is 17.3 Å². The molecule has 1 aromatic heterocycles. The molecule has 0 saturated carbocycles. The summed E-state index contributed by atoms with van der Waals surface area (Å²) >= 11 is 11.9. The highest BCUT2D eigenvalue weighted by atomic mass is 35.5. The van der Waals surface area contributed by atoms with Gasteiger partial charge in [0.1, 0.15) is 0 Å². The van der Waals surface area contributed by atoms with Crippen molar-refractivity contribution in [3.63, 3.8) is 0 Å². The summed E-state index contributed by atoms with van der Waals surface area (Å²) < 4.78 is 13.2. The Balaban J connectivity index is 2.62. The Kier molecular flexibility index (Phi) is 3.81. The lowest BCUT2D eigenvalue weighted by atomic mass is 10.0. The minimum atomic E-state index is -0.613. The number of hydrogen-bond acceptors (Lipinski definition) is 2. The number of hydrogen-bond donors (Lipinski definition) is 0. The topological polar surface area (TPSA) is 36.7 Å². The van der Waals surface area contributed by atoms with Gasteiger partial charge in [0.05, 0.1) is 23.2 Å². The zero-order valence-corrected chi connectivity index (χ0v) is 10.6. The van der Waals surface area contributed by atoms with E-state index in [1.165, 1.54) is 12.1 Å². The zero-order valence-electron chi connectivity index (χ0n) is 9.12. The van der Waals surface area contributed by atoms with Crippen LogP contribution < -0.4 is 0 Å². The Labute approximate surface area is 114 Å². The summed E-state index contributed by atoms with van der Waals surface area (Å²) in [5.74, 6) is -0.613. The molecule has 2 nitrogen and oxygen atoms in total. The summed E-state index contributed by atoms with van der Waals surface area (Å²) in [7, 11) is 0. The van der Waals surface area contributed by atoms with Crippen molar-refractivity contribution in [2.45, 2.75) is 6.42 Å². The van der Waals surface area contributed by atoms with Gasteiger partial charge in [0.2, 0.25) is 5.95 Å². The minimum Gasteiger partial charge on any atom is -0.219 e. The Bertz CT molecular complexity index is 635. The maximum Gasteiger partial charge on any atom is 0.213 e. The molecular weight excluding hydrogens is 274 g/mol. The quantitative estimate of drug-likeness (QED) is 0.771. The number of benzene rings is 1. The first-order chi connectivity index (χ1) is 8.61. The maximum absolute atomic E-state index is 13.2. The lowest BCUT2D eigenvalue weighted by Crippen LogP contribution is -1.95. The lowest BCUT2D eigenvalue weighted by Gasteiger charge is -2.08. The summed E-state index contributed by atoms with van der Waals surface area (Å²) in [4.78, 5) is 3.81. The fourth-order valence-electron chi connectivity index (χ4n) is 1.61. The molecule has 90 valence electrons. The SMILES string of the molecule is N#CCc1ccc(F)nc1-c1ccc(Cl)cc1Cl. The monoisotopic (exact) mass is 280 g/mol. The van der Waals surface area contributed by atoms with Crippen LogP contribution in [0.5, 0.6) is 0 Å². The summed E-state index contributed by atoms with van der Waals surface area (Å²) in [6.07, 6.45) is 0.140. The van der Waals surface area contributed by atoms with Gasteiger partial charge in [-0.2, -0.15) is 9.65 Å². The van der Waals surface area contributed by atoms with E-state index >= 15 is 0 Å². The van der Waals surface area contributed by atoms with E-state index < -0.39 is 5.95 Å². The predicted molar refractivity (Wildman–Crippen MR) is 69.0 cm³/mol. The third-order valence-electron chi connectivity index (χ3n) is 2.40. The smallest absolute Gasteiger partial charge is 0.213 e. The molecule has 0 saturated heterocycles. The van der Waals surface area contributed by atoms with Crippen LogP contribution in [0.3, 0.4) is 0 Å². The first kappa shape index (κ1) is 12.8. The van der Waals surface area contributed by atoms with Crippen LogP contribution in [0.15, 0.2) is 30.3 Å². The molecule has 2 aromatic rings. The second-order valence-electron chi connectivity index (χ2n) is 3.60. The Hall–Kier alpha value is -1.63. The van der Waals surface area contributed by atoms with Crippen molar-refractivity contribution < 1.29 is 4.39 Å². The molecule has 0 aliphatic carbocycles. The van der Waals surface area contributed by atoms with Crippen molar-refractivity contribution in [2.24, 2.45) is 0 Å². The van der Waals surface area contributed by atoms with E-state index in [2.05, 4.69) is 4.98 Å². The summed E-state index contributed by atoms with van der Waals surface area (Å²) in [5, 5.41) is 9.61. The molecule has 0 atom stereocenters. The number of nitriles is 1. The van der Waals surface area contributed by atoms with Crippen molar-refractivity contribution in [1.29, 1.82) is 5.26 Å². The molecule has 0 amide bonds. The first-order valence-corrected chi connectivity index (χ1v) is 5.85. The standard InChI is InChI=1S/C13H7Cl2FN2/c14-9-2-3-10(11(15)7-9)13-8(5-6-17)1-4-12(16)18-13/h1-4,7H,5H2. The number of rotatable bonds is 2. The van der Waals surface area contributed by atoms with E-state index in [0.29, 0.717) is 26.9 Å². The van der Waals surface area contributed by atoms with Gasteiger partial charge < -0.3 is 0 Å². The van der Waals surface area contributed by atoms with Gasteiger partial charge in [-0.3, -0.25) is 0 Å². The largest absolute Gasteiger partial charge is 0.219 e. The predicted octanol–water partition coefficient (Wildman–Crippen LogP) is 4.26. The highest BCUT2D eigenvalue weighted by Crippen LogP contribution is 2.31. The minimum absolute atomic E-state index is 0.140. The van der Waals surface area contributed by atoms with Crippen LogP contribution in [-0.4, -0.2) is 4.98 Å². The fraction of sp³-hybridized carbons (Fsp3) is 0.0769. The van der Waals surface area contributed by atoms with Crippen molar-refractivity contribution in [3.05, 3.63) is 51.9 Å². The normalized spacial score (nSPS) is 10.1. The Morgan fingerprint density at radius 1 is 1.22 bits per heavy atom. The second-order valence-corrected chi connectivity index (χ2v) is 4.44. The van der Waals surface area contributed by atoms with Crippen LogP contribution in [0.4, 0.5) is 4.39 Å². The zero-order chi connectivity index (χ0) is 13.1. The van der Waals surface area contributed by atoms with E-state index in [1.807, 2.05) is 6.07 Å². The van der Waals surface area contributed by atoms with Crippen molar-refractivity contribution >= 4 is 23.2 Å². The molecule has 0 radical (unpaired) electrons. The first-order valence-electron chi connectivity index (χ1n) is 5.09. The number of pyridine rings is 1. The van der Waals surface area contributed by atoms with E-state index in [0.717, 1.165) is 0 Å². The van der Waals surface area contributed by atoms with Gasteiger partial charge in [-0.05, 0) is 29.8 Å². The highest BCUT2D eigenvalue weighted by Gasteiger charge is 2.12. The van der Waals surface area contributed by atoms with Crippen molar-refractivity contribution in [1.82, 2.24) is 4.98 Å². The third kappa shape index (κ3) is 2.61. The van der Waals surface area contributed by atoms with Gasteiger partial charge in [0, 0.05) is 10.6 Å². The van der Waals surface area contributed by atoms with E-state index in [4.69, 9.17) is 28.5 Å². The Morgan fingerprint density at radius 2 is 2.00 bits per heavy atom. The van der Waals surface area contributed by atoms with Crippen LogP contribution in [0.25, 0.3) is 11.3 Å². The fourth-order valence-corrected chi connectivity index (χ4v) is 2.10. The lowest BCUT2D eigenvalue weighted by molar-refractivity contribution is 0.584. The molecule has 0 fully saturated rings. The summed E-state index contributed by atoms with van der Waals surface area (Å²) in [6, 6.07) is 9.63. The van der Waals surface area contributed by atoms with Crippen LogP contribution in [0.1, 0.15) is 5.56 Å². The third-order valence-corrected chi connectivity index (χ3v) is 2.95. The van der Waals surface area contributed by atoms with Crippen LogP contribution >= 0.6 is 23.2 Å². The molecule has 0 bridgehead atoms. The van der Waals surface area contributed by atoms with Gasteiger partial charge in [-0.25, -0.2) is 4.98 Å². The molecule has 1 heterocycles. The van der Waals surface area contributed by atoms with Crippen molar-refractivity contribution in [2.75, 3.05) is 0 Å². The molecule has 0 unspecified atom stereocenters. The summed E-state index contributed by atoms with van der Waals surface area (Å²) in [6.45, 7) is 0. The average molecular weight is 281 g/mol. The number of aromatic nitrogens is 1. The molecule has 2 rings (SSSR count). The van der Waals surface area contributed by atoms with Gasteiger partial charge in [-0.15, -0.1) is 0 Å². The van der Waals surface area contributed by atoms with E-state index in [9.17, 15) is 4.39 Å². The Morgan fingerprint density at radius 3 is 2.67 bits per heavy atom. The van der Waals surface area contributed by atoms with Gasteiger partial charge in [-0.1, -0.05) is 29.3 Å². The van der Waals surface area contributed by atoms with E-state index in [-0.39, 0.29) is 6.42 Å². The van der Waals surface area contributed by atoms with Crippen LogP contribution in [0, 0.1) is 17.3 Å².